The van der Waals surface area contributed by atoms with Crippen LogP contribution >= 0.6 is 0 Å². The van der Waals surface area contributed by atoms with E-state index in [1.54, 1.807) is 0 Å². The van der Waals surface area contributed by atoms with E-state index in [4.69, 9.17) is 4.74 Å². The highest BCUT2D eigenvalue weighted by Crippen LogP contribution is 2.25. The molecule has 1 heterocycles. The quantitative estimate of drug-likeness (QED) is 0.926. The highest BCUT2D eigenvalue weighted by Gasteiger charge is 2.18. The SMILES string of the molecule is CN1CCC(NC(=O)COc2ccc3c(c2)CCCC3)CC1. The standard InChI is InChI=1S/C18H26N2O2/c1-20-10-8-16(9-11-20)19-18(21)13-22-17-7-6-14-4-2-3-5-15(14)12-17/h6-7,12,16H,2-5,8-11,13H2,1H3,(H,19,21). The molecule has 1 saturated heterocycles. The average molecular weight is 302 g/mol. The molecule has 1 aliphatic heterocycles. The molecule has 1 aromatic carbocycles. The predicted octanol–water partition coefficient (Wildman–Crippen LogP) is 2.15. The van der Waals surface area contributed by atoms with Crippen LogP contribution in [0.5, 0.6) is 5.75 Å². The minimum absolute atomic E-state index is 0.00715. The number of fused-ring (bicyclic) bond motifs is 1. The first-order valence-electron chi connectivity index (χ1n) is 8.43. The molecule has 0 atom stereocenters. The third kappa shape index (κ3) is 4.01. The van der Waals surface area contributed by atoms with Crippen molar-refractivity contribution in [2.24, 2.45) is 0 Å². The number of likely N-dealkylation sites (tertiary alicyclic amines) is 1. The van der Waals surface area contributed by atoms with Gasteiger partial charge < -0.3 is 15.0 Å². The monoisotopic (exact) mass is 302 g/mol. The van der Waals surface area contributed by atoms with Crippen molar-refractivity contribution in [3.63, 3.8) is 0 Å². The Balaban J connectivity index is 1.46. The maximum atomic E-state index is 12.0. The lowest BCUT2D eigenvalue weighted by molar-refractivity contribution is -0.124. The molecule has 4 heteroatoms. The van der Waals surface area contributed by atoms with Crippen LogP contribution in [0.1, 0.15) is 36.8 Å². The van der Waals surface area contributed by atoms with E-state index in [0.717, 1.165) is 38.1 Å². The van der Waals surface area contributed by atoms with Crippen LogP contribution < -0.4 is 10.1 Å². The second-order valence-electron chi connectivity index (χ2n) is 6.57. The minimum Gasteiger partial charge on any atom is -0.484 e. The Morgan fingerprint density at radius 1 is 1.23 bits per heavy atom. The van der Waals surface area contributed by atoms with Gasteiger partial charge in [0.05, 0.1) is 0 Å². The number of amides is 1. The molecule has 22 heavy (non-hydrogen) atoms. The molecule has 1 aliphatic carbocycles. The van der Waals surface area contributed by atoms with Crippen molar-refractivity contribution >= 4 is 5.91 Å². The average Bonchev–Trinajstić information content (AvgIpc) is 2.55. The molecular weight excluding hydrogens is 276 g/mol. The number of nitrogens with one attached hydrogen (secondary N) is 1. The van der Waals surface area contributed by atoms with E-state index in [0.29, 0.717) is 6.04 Å². The second kappa shape index (κ2) is 7.14. The van der Waals surface area contributed by atoms with Crippen molar-refractivity contribution in [1.82, 2.24) is 10.2 Å². The number of ether oxygens (including phenoxy) is 1. The van der Waals surface area contributed by atoms with Gasteiger partial charge in [-0.1, -0.05) is 6.07 Å². The third-order valence-corrected chi connectivity index (χ3v) is 4.77. The Hall–Kier alpha value is -1.55. The summed E-state index contributed by atoms with van der Waals surface area (Å²) >= 11 is 0. The Morgan fingerprint density at radius 2 is 1.95 bits per heavy atom. The van der Waals surface area contributed by atoms with Crippen LogP contribution in [-0.2, 0) is 17.6 Å². The lowest BCUT2D eigenvalue weighted by Crippen LogP contribution is -2.44. The number of rotatable bonds is 4. The topological polar surface area (TPSA) is 41.6 Å². The molecular formula is C18H26N2O2. The zero-order valence-electron chi connectivity index (χ0n) is 13.4. The summed E-state index contributed by atoms with van der Waals surface area (Å²) in [6.45, 7) is 2.22. The number of benzene rings is 1. The predicted molar refractivity (Wildman–Crippen MR) is 87.2 cm³/mol. The Bertz CT molecular complexity index is 522. The molecule has 0 radical (unpaired) electrons. The Labute approximate surface area is 132 Å². The molecule has 1 fully saturated rings. The van der Waals surface area contributed by atoms with Gasteiger partial charge >= 0.3 is 0 Å². The fourth-order valence-electron chi connectivity index (χ4n) is 3.37. The van der Waals surface area contributed by atoms with Crippen molar-refractivity contribution < 1.29 is 9.53 Å². The van der Waals surface area contributed by atoms with Gasteiger partial charge in [-0.15, -0.1) is 0 Å². The maximum absolute atomic E-state index is 12.0. The molecule has 0 unspecified atom stereocenters. The molecule has 0 aromatic heterocycles. The van der Waals surface area contributed by atoms with E-state index in [1.807, 2.05) is 6.07 Å². The van der Waals surface area contributed by atoms with E-state index >= 15 is 0 Å². The molecule has 2 aliphatic rings. The summed E-state index contributed by atoms with van der Waals surface area (Å²) in [6.07, 6.45) is 6.90. The normalized spacial score (nSPS) is 19.5. The number of hydrogen-bond acceptors (Lipinski definition) is 3. The molecule has 0 saturated carbocycles. The number of hydrogen-bond donors (Lipinski definition) is 1. The first kappa shape index (κ1) is 15.3. The highest BCUT2D eigenvalue weighted by atomic mass is 16.5. The van der Waals surface area contributed by atoms with E-state index < -0.39 is 0 Å². The third-order valence-electron chi connectivity index (χ3n) is 4.77. The number of nitrogens with zero attached hydrogens (tertiary/aromatic N) is 1. The van der Waals surface area contributed by atoms with E-state index in [2.05, 4.69) is 29.4 Å². The van der Waals surface area contributed by atoms with E-state index in [9.17, 15) is 4.79 Å². The fraction of sp³-hybridized carbons (Fsp3) is 0.611. The van der Waals surface area contributed by atoms with Crippen LogP contribution in [0.4, 0.5) is 0 Å². The van der Waals surface area contributed by atoms with Crippen molar-refractivity contribution in [3.8, 4) is 5.75 Å². The van der Waals surface area contributed by atoms with Crippen LogP contribution in [0, 0.1) is 0 Å². The highest BCUT2D eigenvalue weighted by molar-refractivity contribution is 5.77. The molecule has 1 aromatic rings. The zero-order chi connectivity index (χ0) is 15.4. The van der Waals surface area contributed by atoms with Gasteiger partial charge in [0, 0.05) is 6.04 Å². The van der Waals surface area contributed by atoms with Gasteiger partial charge in [0.25, 0.3) is 5.91 Å². The number of piperidine rings is 1. The summed E-state index contributed by atoms with van der Waals surface area (Å²) in [4.78, 5) is 14.3. The lowest BCUT2D eigenvalue weighted by atomic mass is 9.92. The Morgan fingerprint density at radius 3 is 2.73 bits per heavy atom. The van der Waals surface area contributed by atoms with Gasteiger partial charge in [0.2, 0.25) is 0 Å². The summed E-state index contributed by atoms with van der Waals surface area (Å²) in [7, 11) is 2.12. The van der Waals surface area contributed by atoms with Gasteiger partial charge in [-0.25, -0.2) is 0 Å². The first-order valence-corrected chi connectivity index (χ1v) is 8.43. The molecule has 3 rings (SSSR count). The Kier molecular flexibility index (Phi) is 4.98. The molecule has 120 valence electrons. The minimum atomic E-state index is -0.00715. The molecule has 1 amide bonds. The summed E-state index contributed by atoms with van der Waals surface area (Å²) in [5, 5.41) is 3.08. The van der Waals surface area contributed by atoms with Crippen LogP contribution in [0.3, 0.4) is 0 Å². The zero-order valence-corrected chi connectivity index (χ0v) is 13.4. The molecule has 0 spiro atoms. The number of carbonyl (C=O) groups excluding carboxylic acids is 1. The van der Waals surface area contributed by atoms with Gasteiger partial charge in [-0.2, -0.15) is 0 Å². The summed E-state index contributed by atoms with van der Waals surface area (Å²) in [5.74, 6) is 0.812. The smallest absolute Gasteiger partial charge is 0.258 e. The maximum Gasteiger partial charge on any atom is 0.258 e. The lowest BCUT2D eigenvalue weighted by Gasteiger charge is -2.29. The van der Waals surface area contributed by atoms with Crippen molar-refractivity contribution in [1.29, 1.82) is 0 Å². The summed E-state index contributed by atoms with van der Waals surface area (Å²) < 4.78 is 5.67. The van der Waals surface area contributed by atoms with Crippen LogP contribution in [-0.4, -0.2) is 43.6 Å². The number of carbonyl (C=O) groups is 1. The summed E-state index contributed by atoms with van der Waals surface area (Å²) in [6, 6.07) is 6.55. The van der Waals surface area contributed by atoms with Crippen molar-refractivity contribution in [2.75, 3.05) is 26.7 Å². The second-order valence-corrected chi connectivity index (χ2v) is 6.57. The molecule has 0 bridgehead atoms. The van der Waals surface area contributed by atoms with Gasteiger partial charge in [-0.05, 0) is 81.9 Å². The molecule has 4 nitrogen and oxygen atoms in total. The van der Waals surface area contributed by atoms with Gasteiger partial charge in [0.15, 0.2) is 6.61 Å². The van der Waals surface area contributed by atoms with E-state index in [-0.39, 0.29) is 12.5 Å². The summed E-state index contributed by atoms with van der Waals surface area (Å²) in [5.41, 5.74) is 2.83. The van der Waals surface area contributed by atoms with Crippen molar-refractivity contribution in [3.05, 3.63) is 29.3 Å². The van der Waals surface area contributed by atoms with Gasteiger partial charge in [0.1, 0.15) is 5.75 Å². The van der Waals surface area contributed by atoms with Gasteiger partial charge in [-0.3, -0.25) is 4.79 Å². The molecule has 1 N–H and O–H groups in total. The van der Waals surface area contributed by atoms with Crippen LogP contribution in [0.25, 0.3) is 0 Å². The van der Waals surface area contributed by atoms with Crippen LogP contribution in [0.2, 0.25) is 0 Å². The number of aryl methyl sites for hydroxylation is 2. The van der Waals surface area contributed by atoms with E-state index in [1.165, 1.54) is 30.4 Å². The largest absolute Gasteiger partial charge is 0.484 e. The fourth-order valence-corrected chi connectivity index (χ4v) is 3.37. The first-order chi connectivity index (χ1) is 10.7. The van der Waals surface area contributed by atoms with Crippen LogP contribution in [0.15, 0.2) is 18.2 Å². The van der Waals surface area contributed by atoms with Crippen molar-refractivity contribution in [2.45, 2.75) is 44.6 Å².